The first-order valence-corrected chi connectivity index (χ1v) is 6.23. The van der Waals surface area contributed by atoms with Crippen molar-refractivity contribution >= 4 is 5.97 Å². The van der Waals surface area contributed by atoms with Gasteiger partial charge in [-0.2, -0.15) is 0 Å². The van der Waals surface area contributed by atoms with E-state index in [1.54, 1.807) is 0 Å². The highest BCUT2D eigenvalue weighted by atomic mass is 16.5. The number of carbonyl (C=O) groups excluding carboxylic acids is 1. The molecule has 0 bridgehead atoms. The van der Waals surface area contributed by atoms with E-state index in [-0.39, 0.29) is 0 Å². The average Bonchev–Trinajstić information content (AvgIpc) is 2.44. The van der Waals surface area contributed by atoms with Crippen LogP contribution >= 0.6 is 0 Å². The summed E-state index contributed by atoms with van der Waals surface area (Å²) >= 11 is 0. The van der Waals surface area contributed by atoms with E-state index in [1.165, 1.54) is 7.11 Å². The van der Waals surface area contributed by atoms with Gasteiger partial charge >= 0.3 is 5.97 Å². The Kier molecular flexibility index (Phi) is 5.31. The molecule has 0 heterocycles. The number of carbonyl (C=O) groups is 1. The van der Waals surface area contributed by atoms with Gasteiger partial charge in [-0.3, -0.25) is 0 Å². The van der Waals surface area contributed by atoms with Crippen molar-refractivity contribution in [3.8, 4) is 0 Å². The molecule has 100 valence electrons. The van der Waals surface area contributed by atoms with Crippen molar-refractivity contribution in [2.45, 2.75) is 19.4 Å². The van der Waals surface area contributed by atoms with Crippen LogP contribution in [-0.2, 0) is 15.1 Å². The van der Waals surface area contributed by atoms with Gasteiger partial charge in [-0.25, -0.2) is 4.79 Å². The number of benzene rings is 1. The fourth-order valence-electron chi connectivity index (χ4n) is 1.99. The third-order valence-electron chi connectivity index (χ3n) is 3.21. The predicted molar refractivity (Wildman–Crippen MR) is 72.1 cm³/mol. The molecule has 0 spiro atoms. The van der Waals surface area contributed by atoms with Crippen LogP contribution in [0.15, 0.2) is 30.3 Å². The number of likely N-dealkylation sites (N-methyl/N-ethyl adjacent to an activating group) is 1. The summed E-state index contributed by atoms with van der Waals surface area (Å²) in [7, 11) is 1.37. The second kappa shape index (κ2) is 6.52. The molecule has 18 heavy (non-hydrogen) atoms. The van der Waals surface area contributed by atoms with Crippen molar-refractivity contribution < 1.29 is 9.53 Å². The lowest BCUT2D eigenvalue weighted by atomic mass is 9.90. The normalized spacial score (nSPS) is 14.3. The second-order valence-corrected chi connectivity index (χ2v) is 4.29. The van der Waals surface area contributed by atoms with E-state index in [1.807, 2.05) is 44.2 Å². The number of rotatable bonds is 6. The maximum Gasteiger partial charge on any atom is 0.331 e. The van der Waals surface area contributed by atoms with E-state index in [4.69, 9.17) is 10.5 Å². The van der Waals surface area contributed by atoms with Crippen molar-refractivity contribution in [2.75, 3.05) is 26.7 Å². The predicted octanol–water partition coefficient (Wildman–Crippen LogP) is 1.36. The standard InChI is InChI=1S/C14H22N2O2/c1-4-16(5-2)11-14(15,13(17)18-3)12-9-7-6-8-10-12/h6-10H,4-5,11,15H2,1-3H3. The highest BCUT2D eigenvalue weighted by molar-refractivity contribution is 5.82. The molecule has 0 aliphatic heterocycles. The van der Waals surface area contributed by atoms with Crippen molar-refractivity contribution in [3.63, 3.8) is 0 Å². The summed E-state index contributed by atoms with van der Waals surface area (Å²) < 4.78 is 4.87. The number of nitrogens with zero attached hydrogens (tertiary/aromatic N) is 1. The van der Waals surface area contributed by atoms with Gasteiger partial charge in [0.15, 0.2) is 5.54 Å². The first-order chi connectivity index (χ1) is 8.58. The lowest BCUT2D eigenvalue weighted by Gasteiger charge is -2.32. The van der Waals surface area contributed by atoms with Crippen LogP contribution in [0.1, 0.15) is 19.4 Å². The number of nitrogens with two attached hydrogens (primary N) is 1. The summed E-state index contributed by atoms with van der Waals surface area (Å²) in [5.74, 6) is -0.402. The highest BCUT2D eigenvalue weighted by Crippen LogP contribution is 2.21. The number of esters is 1. The third kappa shape index (κ3) is 3.09. The Balaban J connectivity index is 3.07. The zero-order valence-electron chi connectivity index (χ0n) is 11.3. The first kappa shape index (κ1) is 14.7. The molecule has 0 saturated heterocycles. The molecule has 0 fully saturated rings. The molecular weight excluding hydrogens is 228 g/mol. The molecule has 4 heteroatoms. The van der Waals surface area contributed by atoms with E-state index < -0.39 is 11.5 Å². The molecule has 1 unspecified atom stereocenters. The van der Waals surface area contributed by atoms with Crippen LogP contribution in [0.25, 0.3) is 0 Å². The fourth-order valence-corrected chi connectivity index (χ4v) is 1.99. The molecule has 0 aliphatic rings. The summed E-state index contributed by atoms with van der Waals surface area (Å²) in [5.41, 5.74) is 5.98. The van der Waals surface area contributed by atoms with Gasteiger partial charge in [-0.1, -0.05) is 44.2 Å². The SMILES string of the molecule is CCN(CC)CC(N)(C(=O)OC)c1ccccc1. The summed E-state index contributed by atoms with van der Waals surface area (Å²) in [6, 6.07) is 9.38. The van der Waals surface area contributed by atoms with E-state index in [0.717, 1.165) is 18.7 Å². The molecule has 1 atom stereocenters. The Morgan fingerprint density at radius 3 is 2.28 bits per heavy atom. The quantitative estimate of drug-likeness (QED) is 0.774. The van der Waals surface area contributed by atoms with E-state index in [2.05, 4.69) is 4.90 Å². The number of methoxy groups -OCH3 is 1. The van der Waals surface area contributed by atoms with Gasteiger partial charge in [0.05, 0.1) is 7.11 Å². The lowest BCUT2D eigenvalue weighted by molar-refractivity contribution is -0.148. The molecule has 4 nitrogen and oxygen atoms in total. The molecule has 1 aromatic rings. The van der Waals surface area contributed by atoms with E-state index in [0.29, 0.717) is 6.54 Å². The van der Waals surface area contributed by atoms with Crippen molar-refractivity contribution in [2.24, 2.45) is 5.73 Å². The van der Waals surface area contributed by atoms with Gasteiger partial charge < -0.3 is 15.4 Å². The lowest BCUT2D eigenvalue weighted by Crippen LogP contribution is -2.54. The van der Waals surface area contributed by atoms with Gasteiger partial charge in [0.2, 0.25) is 0 Å². The fraction of sp³-hybridized carbons (Fsp3) is 0.500. The first-order valence-electron chi connectivity index (χ1n) is 6.23. The van der Waals surface area contributed by atoms with Crippen molar-refractivity contribution in [1.82, 2.24) is 4.90 Å². The molecule has 1 rings (SSSR count). The van der Waals surface area contributed by atoms with Gasteiger partial charge in [0.1, 0.15) is 0 Å². The molecule has 0 saturated carbocycles. The van der Waals surface area contributed by atoms with Crippen LogP contribution in [0.4, 0.5) is 0 Å². The smallest absolute Gasteiger partial charge is 0.331 e. The van der Waals surface area contributed by atoms with Gasteiger partial charge in [-0.05, 0) is 18.7 Å². The number of ether oxygens (including phenoxy) is 1. The highest BCUT2D eigenvalue weighted by Gasteiger charge is 2.38. The average molecular weight is 250 g/mol. The molecule has 0 radical (unpaired) electrons. The van der Waals surface area contributed by atoms with Gasteiger partial charge in [-0.15, -0.1) is 0 Å². The van der Waals surface area contributed by atoms with E-state index in [9.17, 15) is 4.79 Å². The van der Waals surface area contributed by atoms with Crippen LogP contribution in [0.3, 0.4) is 0 Å². The van der Waals surface area contributed by atoms with E-state index >= 15 is 0 Å². The minimum atomic E-state index is -1.11. The molecule has 1 aromatic carbocycles. The minimum absolute atomic E-state index is 0.402. The van der Waals surface area contributed by atoms with Crippen LogP contribution < -0.4 is 5.73 Å². The van der Waals surface area contributed by atoms with Crippen molar-refractivity contribution in [1.29, 1.82) is 0 Å². The molecular formula is C14H22N2O2. The Bertz CT molecular complexity index is 377. The molecule has 0 aromatic heterocycles. The monoisotopic (exact) mass is 250 g/mol. The summed E-state index contributed by atoms with van der Waals surface area (Å²) in [4.78, 5) is 14.1. The second-order valence-electron chi connectivity index (χ2n) is 4.29. The third-order valence-corrected chi connectivity index (χ3v) is 3.21. The van der Waals surface area contributed by atoms with Crippen LogP contribution in [0.2, 0.25) is 0 Å². The van der Waals surface area contributed by atoms with Crippen LogP contribution in [0, 0.1) is 0 Å². The van der Waals surface area contributed by atoms with Gasteiger partial charge in [0, 0.05) is 6.54 Å². The Labute approximate surface area is 109 Å². The Morgan fingerprint density at radius 2 is 1.83 bits per heavy atom. The van der Waals surface area contributed by atoms with Crippen molar-refractivity contribution in [3.05, 3.63) is 35.9 Å². The summed E-state index contributed by atoms with van der Waals surface area (Å²) in [5, 5.41) is 0. The largest absolute Gasteiger partial charge is 0.467 e. The zero-order chi connectivity index (χ0) is 13.6. The maximum absolute atomic E-state index is 12.0. The van der Waals surface area contributed by atoms with Gasteiger partial charge in [0.25, 0.3) is 0 Å². The summed E-state index contributed by atoms with van der Waals surface area (Å²) in [6.07, 6.45) is 0. The van der Waals surface area contributed by atoms with Crippen LogP contribution in [-0.4, -0.2) is 37.6 Å². The Hall–Kier alpha value is -1.39. The number of hydrogen-bond donors (Lipinski definition) is 1. The number of hydrogen-bond acceptors (Lipinski definition) is 4. The zero-order valence-corrected chi connectivity index (χ0v) is 11.3. The maximum atomic E-state index is 12.0. The van der Waals surface area contributed by atoms with Crippen LogP contribution in [0.5, 0.6) is 0 Å². The minimum Gasteiger partial charge on any atom is -0.467 e. The molecule has 0 aliphatic carbocycles. The Morgan fingerprint density at radius 1 is 1.28 bits per heavy atom. The summed E-state index contributed by atoms with van der Waals surface area (Å²) in [6.45, 7) is 6.24. The molecule has 2 N–H and O–H groups in total. The molecule has 0 amide bonds. The topological polar surface area (TPSA) is 55.6 Å².